The first-order valence-electron chi connectivity index (χ1n) is 4.81. The zero-order valence-electron chi connectivity index (χ0n) is 9.34. The monoisotopic (exact) mass is 255 g/mol. The molecule has 0 fully saturated rings. The molecule has 0 bridgehead atoms. The summed E-state index contributed by atoms with van der Waals surface area (Å²) in [5, 5.41) is 0.983. The van der Waals surface area contributed by atoms with Crippen LogP contribution in [0.5, 0.6) is 0 Å². The molecule has 0 heterocycles. The van der Waals surface area contributed by atoms with Crippen LogP contribution in [-0.2, 0) is 5.41 Å². The molecule has 2 heteroatoms. The van der Waals surface area contributed by atoms with Gasteiger partial charge >= 0.3 is 0 Å². The van der Waals surface area contributed by atoms with Crippen LogP contribution in [0.15, 0.2) is 24.3 Å². The third kappa shape index (κ3) is 2.50. The van der Waals surface area contributed by atoms with Gasteiger partial charge in [-0.1, -0.05) is 41.9 Å². The van der Waals surface area contributed by atoms with Crippen molar-refractivity contribution in [1.29, 1.82) is 0 Å². The Balaban J connectivity index is 3.05. The fourth-order valence-electron chi connectivity index (χ4n) is 1.28. The largest absolute Gasteiger partial charge is 0.378 e. The maximum atomic E-state index is 3.56. The van der Waals surface area contributed by atoms with E-state index in [9.17, 15) is 0 Å². The van der Waals surface area contributed by atoms with Crippen molar-refractivity contribution in [3.63, 3.8) is 0 Å². The van der Waals surface area contributed by atoms with Gasteiger partial charge in [0.25, 0.3) is 0 Å². The molecule has 0 atom stereocenters. The molecule has 1 aromatic carbocycles. The van der Waals surface area contributed by atoms with Crippen LogP contribution in [0.3, 0.4) is 0 Å². The minimum absolute atomic E-state index is 0.200. The first-order chi connectivity index (χ1) is 6.47. The van der Waals surface area contributed by atoms with Crippen molar-refractivity contribution in [2.24, 2.45) is 0 Å². The number of benzene rings is 1. The van der Waals surface area contributed by atoms with E-state index in [0.717, 1.165) is 5.33 Å². The number of alkyl halides is 1. The second-order valence-corrected chi connectivity index (χ2v) is 5.02. The standard InChI is InChI=1S/C12H18BrN/c1-12(2,9-13)10-6-5-7-11(8-10)14(3)4/h5-8H,9H2,1-4H3. The van der Waals surface area contributed by atoms with E-state index < -0.39 is 0 Å². The average Bonchev–Trinajstić information content (AvgIpc) is 2.18. The minimum atomic E-state index is 0.200. The SMILES string of the molecule is CN(C)c1cccc(C(C)(C)CBr)c1. The van der Waals surface area contributed by atoms with Gasteiger partial charge in [-0.05, 0) is 23.1 Å². The third-order valence-corrected chi connectivity index (χ3v) is 3.88. The molecular formula is C12H18BrN. The third-order valence-electron chi connectivity index (χ3n) is 2.48. The van der Waals surface area contributed by atoms with E-state index >= 15 is 0 Å². The highest BCUT2D eigenvalue weighted by molar-refractivity contribution is 9.09. The summed E-state index contributed by atoms with van der Waals surface area (Å²) in [6.45, 7) is 4.49. The summed E-state index contributed by atoms with van der Waals surface area (Å²) in [4.78, 5) is 2.13. The van der Waals surface area contributed by atoms with Crippen molar-refractivity contribution < 1.29 is 0 Å². The van der Waals surface area contributed by atoms with Gasteiger partial charge in [0, 0.05) is 25.1 Å². The van der Waals surface area contributed by atoms with Crippen LogP contribution in [0.4, 0.5) is 5.69 Å². The molecular weight excluding hydrogens is 238 g/mol. The number of nitrogens with zero attached hydrogens (tertiary/aromatic N) is 1. The van der Waals surface area contributed by atoms with Crippen molar-refractivity contribution in [2.45, 2.75) is 19.3 Å². The summed E-state index contributed by atoms with van der Waals surface area (Å²) >= 11 is 3.56. The second kappa shape index (κ2) is 4.35. The lowest BCUT2D eigenvalue weighted by Gasteiger charge is -2.24. The normalized spacial score (nSPS) is 11.5. The summed E-state index contributed by atoms with van der Waals surface area (Å²) in [6.07, 6.45) is 0. The highest BCUT2D eigenvalue weighted by Gasteiger charge is 2.18. The highest BCUT2D eigenvalue weighted by Crippen LogP contribution is 2.27. The zero-order chi connectivity index (χ0) is 10.8. The Labute approximate surface area is 95.2 Å². The fraction of sp³-hybridized carbons (Fsp3) is 0.500. The smallest absolute Gasteiger partial charge is 0.0363 e. The molecule has 0 aliphatic heterocycles. The molecule has 0 saturated carbocycles. The Morgan fingerprint density at radius 1 is 1.29 bits per heavy atom. The summed E-state index contributed by atoms with van der Waals surface area (Å²) in [6, 6.07) is 8.69. The van der Waals surface area contributed by atoms with Gasteiger partial charge in [0.2, 0.25) is 0 Å². The van der Waals surface area contributed by atoms with E-state index in [4.69, 9.17) is 0 Å². The van der Waals surface area contributed by atoms with Gasteiger partial charge in [-0.25, -0.2) is 0 Å². The van der Waals surface area contributed by atoms with E-state index in [2.05, 4.69) is 73.0 Å². The summed E-state index contributed by atoms with van der Waals surface area (Å²) in [5.41, 5.74) is 2.84. The molecule has 0 spiro atoms. The summed E-state index contributed by atoms with van der Waals surface area (Å²) in [7, 11) is 4.14. The lowest BCUT2D eigenvalue weighted by atomic mass is 9.87. The molecule has 0 aliphatic rings. The van der Waals surface area contributed by atoms with Gasteiger partial charge in [-0.3, -0.25) is 0 Å². The molecule has 1 nitrogen and oxygen atoms in total. The molecule has 0 amide bonds. The fourth-order valence-corrected chi connectivity index (χ4v) is 1.61. The van der Waals surface area contributed by atoms with Gasteiger partial charge < -0.3 is 4.90 Å². The van der Waals surface area contributed by atoms with E-state index in [1.807, 2.05) is 0 Å². The molecule has 0 saturated heterocycles. The maximum Gasteiger partial charge on any atom is 0.0363 e. The van der Waals surface area contributed by atoms with E-state index in [-0.39, 0.29) is 5.41 Å². The van der Waals surface area contributed by atoms with Crippen molar-refractivity contribution >= 4 is 21.6 Å². The summed E-state index contributed by atoms with van der Waals surface area (Å²) in [5.74, 6) is 0. The van der Waals surface area contributed by atoms with Gasteiger partial charge in [0.1, 0.15) is 0 Å². The lowest BCUT2D eigenvalue weighted by molar-refractivity contribution is 0.606. The van der Waals surface area contributed by atoms with Gasteiger partial charge in [0.15, 0.2) is 0 Å². The van der Waals surface area contributed by atoms with Crippen LogP contribution in [0.1, 0.15) is 19.4 Å². The molecule has 14 heavy (non-hydrogen) atoms. The molecule has 1 rings (SSSR count). The molecule has 0 unspecified atom stereocenters. The maximum absolute atomic E-state index is 3.56. The zero-order valence-corrected chi connectivity index (χ0v) is 10.9. The van der Waals surface area contributed by atoms with Gasteiger partial charge in [-0.15, -0.1) is 0 Å². The Morgan fingerprint density at radius 2 is 1.93 bits per heavy atom. The minimum Gasteiger partial charge on any atom is -0.378 e. The van der Waals surface area contributed by atoms with Crippen molar-refractivity contribution in [3.05, 3.63) is 29.8 Å². The van der Waals surface area contributed by atoms with E-state index in [1.165, 1.54) is 11.3 Å². The predicted molar refractivity (Wildman–Crippen MR) is 67.6 cm³/mol. The summed E-state index contributed by atoms with van der Waals surface area (Å²) < 4.78 is 0. The van der Waals surface area contributed by atoms with Crippen molar-refractivity contribution in [2.75, 3.05) is 24.3 Å². The average molecular weight is 256 g/mol. The predicted octanol–water partition coefficient (Wildman–Crippen LogP) is 3.43. The number of rotatable bonds is 3. The van der Waals surface area contributed by atoms with E-state index in [0.29, 0.717) is 0 Å². The number of hydrogen-bond donors (Lipinski definition) is 0. The Hall–Kier alpha value is -0.500. The van der Waals surface area contributed by atoms with Crippen molar-refractivity contribution in [1.82, 2.24) is 0 Å². The Kier molecular flexibility index (Phi) is 3.59. The molecule has 78 valence electrons. The van der Waals surface area contributed by atoms with Crippen LogP contribution in [0, 0.1) is 0 Å². The highest BCUT2D eigenvalue weighted by atomic mass is 79.9. The molecule has 0 N–H and O–H groups in total. The van der Waals surface area contributed by atoms with Crippen molar-refractivity contribution in [3.8, 4) is 0 Å². The van der Waals surface area contributed by atoms with Crippen LogP contribution in [-0.4, -0.2) is 19.4 Å². The van der Waals surface area contributed by atoms with E-state index in [1.54, 1.807) is 0 Å². The first kappa shape index (κ1) is 11.6. The van der Waals surface area contributed by atoms with Crippen LogP contribution >= 0.6 is 15.9 Å². The molecule has 0 aliphatic carbocycles. The molecule has 1 aromatic rings. The number of hydrogen-bond acceptors (Lipinski definition) is 1. The first-order valence-corrected chi connectivity index (χ1v) is 5.93. The Bertz CT molecular complexity index is 305. The van der Waals surface area contributed by atoms with Crippen LogP contribution < -0.4 is 4.90 Å². The lowest BCUT2D eigenvalue weighted by Crippen LogP contribution is -2.19. The molecule has 0 radical (unpaired) electrons. The van der Waals surface area contributed by atoms with Gasteiger partial charge in [0.05, 0.1) is 0 Å². The number of anilines is 1. The van der Waals surface area contributed by atoms with Crippen LogP contribution in [0.25, 0.3) is 0 Å². The second-order valence-electron chi connectivity index (χ2n) is 4.46. The van der Waals surface area contributed by atoms with Gasteiger partial charge in [-0.2, -0.15) is 0 Å². The topological polar surface area (TPSA) is 3.24 Å². The van der Waals surface area contributed by atoms with Crippen LogP contribution in [0.2, 0.25) is 0 Å². The quantitative estimate of drug-likeness (QED) is 0.749. The Morgan fingerprint density at radius 3 is 2.43 bits per heavy atom. The molecule has 0 aromatic heterocycles. The number of halogens is 1.